The molecule has 2 aliphatic rings. The van der Waals surface area contributed by atoms with Gasteiger partial charge in [-0.15, -0.1) is 0 Å². The van der Waals surface area contributed by atoms with E-state index in [2.05, 4.69) is 22.9 Å². The molecule has 0 bridgehead atoms. The van der Waals surface area contributed by atoms with Gasteiger partial charge in [-0.05, 0) is 24.6 Å². The van der Waals surface area contributed by atoms with E-state index in [1.165, 1.54) is 10.1 Å². The number of halogens is 1. The van der Waals surface area contributed by atoms with Gasteiger partial charge < -0.3 is 9.47 Å². The number of allylic oxidation sites excluding steroid dienone is 4. The van der Waals surface area contributed by atoms with Gasteiger partial charge in [0.25, 0.3) is 0 Å². The van der Waals surface area contributed by atoms with Crippen molar-refractivity contribution in [3.8, 4) is 0 Å². The maximum absolute atomic E-state index is 5.27. The number of ether oxygens (including phenoxy) is 2. The number of hydrogen-bond donors (Lipinski definition) is 0. The zero-order valence-corrected chi connectivity index (χ0v) is 8.35. The predicted octanol–water partition coefficient (Wildman–Crippen LogP) is 2.83. The number of rotatable bonds is 0. The van der Waals surface area contributed by atoms with Crippen LogP contribution in [0.15, 0.2) is 33.7 Å². The zero-order chi connectivity index (χ0) is 8.55. The van der Waals surface area contributed by atoms with Crippen LogP contribution in [0, 0.1) is 0 Å². The molecule has 1 fully saturated rings. The molecule has 0 saturated carbocycles. The second kappa shape index (κ2) is 2.98. The van der Waals surface area contributed by atoms with Crippen LogP contribution < -0.4 is 0 Å². The van der Waals surface area contributed by atoms with E-state index in [9.17, 15) is 0 Å². The Morgan fingerprint density at radius 2 is 2.08 bits per heavy atom. The first-order valence-electron chi connectivity index (χ1n) is 3.80. The Labute approximate surface area is 79.7 Å². The molecule has 1 aliphatic carbocycles. The van der Waals surface area contributed by atoms with Gasteiger partial charge in [0.2, 0.25) is 6.79 Å². The van der Waals surface area contributed by atoms with Crippen molar-refractivity contribution in [2.75, 3.05) is 6.79 Å². The standard InChI is InChI=1S/C9H9BrO2/c1-6-4-9-8(11-5-12-9)3-2-7(6)10/h3-4H,2,5H2,1H3. The van der Waals surface area contributed by atoms with Crippen molar-refractivity contribution in [1.82, 2.24) is 0 Å². The molecule has 12 heavy (non-hydrogen) atoms. The molecule has 0 aromatic heterocycles. The maximum Gasteiger partial charge on any atom is 0.231 e. The lowest BCUT2D eigenvalue weighted by molar-refractivity contribution is 0.0974. The van der Waals surface area contributed by atoms with Crippen molar-refractivity contribution in [3.05, 3.63) is 33.7 Å². The predicted molar refractivity (Wildman–Crippen MR) is 49.4 cm³/mol. The van der Waals surface area contributed by atoms with Crippen LogP contribution in [0.1, 0.15) is 13.3 Å². The Balaban J connectivity index is 2.39. The number of fused-ring (bicyclic) bond motifs is 1. The molecule has 0 unspecified atom stereocenters. The largest absolute Gasteiger partial charge is 0.454 e. The average molecular weight is 229 g/mol. The molecule has 1 heterocycles. The topological polar surface area (TPSA) is 18.5 Å². The Kier molecular flexibility index (Phi) is 1.97. The normalized spacial score (nSPS) is 21.8. The van der Waals surface area contributed by atoms with Crippen LogP contribution in [0.4, 0.5) is 0 Å². The SMILES string of the molecule is CC1=C(Br)CC=C2OCOC2=C1. The summed E-state index contributed by atoms with van der Waals surface area (Å²) in [7, 11) is 0. The molecule has 0 N–H and O–H groups in total. The highest BCUT2D eigenvalue weighted by Crippen LogP contribution is 2.30. The molecule has 2 nitrogen and oxygen atoms in total. The van der Waals surface area contributed by atoms with Crippen LogP contribution in [0.3, 0.4) is 0 Å². The third-order valence-electron chi connectivity index (χ3n) is 1.91. The third kappa shape index (κ3) is 1.29. The molecule has 64 valence electrons. The smallest absolute Gasteiger partial charge is 0.231 e. The van der Waals surface area contributed by atoms with E-state index in [1.807, 2.05) is 12.2 Å². The van der Waals surface area contributed by atoms with E-state index in [0.29, 0.717) is 6.79 Å². The molecule has 0 amide bonds. The van der Waals surface area contributed by atoms with Gasteiger partial charge in [-0.2, -0.15) is 0 Å². The number of hydrogen-bond acceptors (Lipinski definition) is 2. The van der Waals surface area contributed by atoms with E-state index in [1.54, 1.807) is 0 Å². The summed E-state index contributed by atoms with van der Waals surface area (Å²) in [6.45, 7) is 2.40. The van der Waals surface area contributed by atoms with Gasteiger partial charge in [0, 0.05) is 10.9 Å². The van der Waals surface area contributed by atoms with Gasteiger partial charge in [0.1, 0.15) is 0 Å². The van der Waals surface area contributed by atoms with E-state index in [4.69, 9.17) is 9.47 Å². The minimum absolute atomic E-state index is 0.350. The minimum Gasteiger partial charge on any atom is -0.454 e. The fourth-order valence-corrected chi connectivity index (χ4v) is 1.47. The van der Waals surface area contributed by atoms with Crippen LogP contribution in [0.5, 0.6) is 0 Å². The zero-order valence-electron chi connectivity index (χ0n) is 6.76. The van der Waals surface area contributed by atoms with Crippen molar-refractivity contribution in [3.63, 3.8) is 0 Å². The summed E-state index contributed by atoms with van der Waals surface area (Å²) in [5.74, 6) is 1.71. The molecule has 1 aliphatic heterocycles. The van der Waals surface area contributed by atoms with Crippen LogP contribution in [-0.4, -0.2) is 6.79 Å². The fourth-order valence-electron chi connectivity index (χ4n) is 1.19. The first-order valence-corrected chi connectivity index (χ1v) is 4.60. The van der Waals surface area contributed by atoms with Crippen LogP contribution in [0.2, 0.25) is 0 Å². The van der Waals surface area contributed by atoms with Crippen LogP contribution in [-0.2, 0) is 9.47 Å². The van der Waals surface area contributed by atoms with Crippen molar-refractivity contribution in [1.29, 1.82) is 0 Å². The van der Waals surface area contributed by atoms with Crippen molar-refractivity contribution >= 4 is 15.9 Å². The maximum atomic E-state index is 5.27. The lowest BCUT2D eigenvalue weighted by Crippen LogP contribution is -1.80. The summed E-state index contributed by atoms with van der Waals surface area (Å²) in [6.07, 6.45) is 4.90. The summed E-state index contributed by atoms with van der Waals surface area (Å²) >= 11 is 3.49. The molecule has 0 spiro atoms. The summed E-state index contributed by atoms with van der Waals surface area (Å²) in [5, 5.41) is 0. The summed E-state index contributed by atoms with van der Waals surface area (Å²) in [5.41, 5.74) is 1.20. The van der Waals surface area contributed by atoms with Crippen molar-refractivity contribution in [2.24, 2.45) is 0 Å². The molecule has 1 saturated heterocycles. The van der Waals surface area contributed by atoms with E-state index in [0.717, 1.165) is 17.9 Å². The first-order chi connectivity index (χ1) is 5.77. The quantitative estimate of drug-likeness (QED) is 0.635. The van der Waals surface area contributed by atoms with Crippen molar-refractivity contribution in [2.45, 2.75) is 13.3 Å². The average Bonchev–Trinajstić information content (AvgIpc) is 2.43. The van der Waals surface area contributed by atoms with E-state index >= 15 is 0 Å². The monoisotopic (exact) mass is 228 g/mol. The van der Waals surface area contributed by atoms with E-state index in [-0.39, 0.29) is 0 Å². The van der Waals surface area contributed by atoms with Gasteiger partial charge in [-0.25, -0.2) is 0 Å². The molecule has 2 rings (SSSR count). The highest BCUT2D eigenvalue weighted by Gasteiger charge is 2.18. The Morgan fingerprint density at radius 1 is 1.33 bits per heavy atom. The Morgan fingerprint density at radius 3 is 2.92 bits per heavy atom. The summed E-state index contributed by atoms with van der Waals surface area (Å²) in [4.78, 5) is 0. The van der Waals surface area contributed by atoms with E-state index < -0.39 is 0 Å². The molecular formula is C9H9BrO2. The van der Waals surface area contributed by atoms with Crippen molar-refractivity contribution < 1.29 is 9.47 Å². The lowest BCUT2D eigenvalue weighted by atomic mass is 10.2. The second-order valence-corrected chi connectivity index (χ2v) is 3.73. The first kappa shape index (κ1) is 7.92. The van der Waals surface area contributed by atoms with Gasteiger partial charge >= 0.3 is 0 Å². The van der Waals surface area contributed by atoms with Gasteiger partial charge in [0.05, 0.1) is 0 Å². The third-order valence-corrected chi connectivity index (χ3v) is 2.86. The van der Waals surface area contributed by atoms with Crippen LogP contribution in [0.25, 0.3) is 0 Å². The van der Waals surface area contributed by atoms with Gasteiger partial charge in [0.15, 0.2) is 11.5 Å². The molecule has 0 aromatic carbocycles. The summed E-state index contributed by atoms with van der Waals surface area (Å²) < 4.78 is 11.7. The molecule has 0 aromatic rings. The Hall–Kier alpha value is -0.700. The van der Waals surface area contributed by atoms with Gasteiger partial charge in [-0.1, -0.05) is 15.9 Å². The second-order valence-electron chi connectivity index (χ2n) is 2.78. The van der Waals surface area contributed by atoms with Crippen LogP contribution >= 0.6 is 15.9 Å². The summed E-state index contributed by atoms with van der Waals surface area (Å²) in [6, 6.07) is 0. The molecule has 3 heteroatoms. The van der Waals surface area contributed by atoms with Gasteiger partial charge in [-0.3, -0.25) is 0 Å². The molecule has 0 atom stereocenters. The lowest BCUT2D eigenvalue weighted by Gasteiger charge is -1.95. The highest BCUT2D eigenvalue weighted by molar-refractivity contribution is 9.11. The highest BCUT2D eigenvalue weighted by atomic mass is 79.9. The fraction of sp³-hybridized carbons (Fsp3) is 0.333. The molecule has 0 radical (unpaired) electrons. The minimum atomic E-state index is 0.350. The Bertz CT molecular complexity index is 300. The molecular weight excluding hydrogens is 220 g/mol.